The summed E-state index contributed by atoms with van der Waals surface area (Å²) < 4.78 is 2.17. The van der Waals surface area contributed by atoms with Crippen molar-refractivity contribution in [3.05, 3.63) is 36.0 Å². The van der Waals surface area contributed by atoms with Crippen LogP contribution in [0.5, 0.6) is 0 Å². The molecule has 2 atom stereocenters. The Morgan fingerprint density at radius 2 is 2.04 bits per heavy atom. The van der Waals surface area contributed by atoms with Crippen LogP contribution in [0.25, 0.3) is 10.9 Å². The van der Waals surface area contributed by atoms with E-state index in [9.17, 15) is 9.59 Å². The summed E-state index contributed by atoms with van der Waals surface area (Å²) in [4.78, 5) is 29.0. The Kier molecular flexibility index (Phi) is 3.59. The highest BCUT2D eigenvalue weighted by atomic mass is 16.2. The monoisotopic (exact) mass is 325 g/mol. The quantitative estimate of drug-likeness (QED) is 0.851. The minimum atomic E-state index is -0.0393. The van der Waals surface area contributed by atoms with Crippen LogP contribution in [0.2, 0.25) is 0 Å². The number of benzene rings is 1. The number of nitrogens with zero attached hydrogens (tertiary/aromatic N) is 3. The molecule has 3 saturated heterocycles. The molecule has 5 nitrogen and oxygen atoms in total. The van der Waals surface area contributed by atoms with E-state index in [0.717, 1.165) is 30.3 Å². The van der Waals surface area contributed by atoms with Crippen molar-refractivity contribution in [2.75, 3.05) is 20.1 Å². The summed E-state index contributed by atoms with van der Waals surface area (Å²) in [7, 11) is 1.87. The van der Waals surface area contributed by atoms with Gasteiger partial charge in [0.15, 0.2) is 0 Å². The van der Waals surface area contributed by atoms with Crippen LogP contribution in [-0.4, -0.2) is 52.4 Å². The molecule has 24 heavy (non-hydrogen) atoms. The number of carbonyl (C=O) groups excluding carboxylic acids is 2. The van der Waals surface area contributed by atoms with Crippen molar-refractivity contribution in [2.24, 2.45) is 5.92 Å². The first kappa shape index (κ1) is 15.2. The van der Waals surface area contributed by atoms with Gasteiger partial charge in [0, 0.05) is 55.4 Å². The highest BCUT2D eigenvalue weighted by molar-refractivity contribution is 5.98. The number of rotatable bonds is 2. The van der Waals surface area contributed by atoms with Gasteiger partial charge in [-0.1, -0.05) is 0 Å². The lowest BCUT2D eigenvalue weighted by molar-refractivity contribution is -0.138. The zero-order valence-electron chi connectivity index (χ0n) is 14.2. The SMILES string of the molecule is CCn1ccc2cc(C(=O)N3C[C@@H]4CC[C@H](C3)N(C)C4=O)ccc21. The molecule has 0 saturated carbocycles. The summed E-state index contributed by atoms with van der Waals surface area (Å²) >= 11 is 0. The molecule has 1 aromatic carbocycles. The first-order valence-electron chi connectivity index (χ1n) is 8.73. The molecule has 0 spiro atoms. The number of aryl methyl sites for hydroxylation is 1. The molecule has 4 heterocycles. The maximum Gasteiger partial charge on any atom is 0.253 e. The van der Waals surface area contributed by atoms with E-state index in [0.29, 0.717) is 18.7 Å². The standard InChI is InChI=1S/C19H23N3O2/c1-3-21-9-8-13-10-14(5-7-17(13)21)19(24)22-11-15-4-6-16(12-22)20(2)18(15)23/h5,7-10,15-16H,3-4,6,11-12H2,1-2H3/t15-,16+/m0/s1. The van der Waals surface area contributed by atoms with Gasteiger partial charge in [-0.05, 0) is 44.0 Å². The maximum atomic E-state index is 13.0. The smallest absolute Gasteiger partial charge is 0.253 e. The first-order valence-corrected chi connectivity index (χ1v) is 8.73. The van der Waals surface area contributed by atoms with Gasteiger partial charge in [0.25, 0.3) is 5.91 Å². The van der Waals surface area contributed by atoms with Crippen LogP contribution < -0.4 is 0 Å². The molecule has 2 aromatic rings. The lowest BCUT2D eigenvalue weighted by Crippen LogP contribution is -2.45. The summed E-state index contributed by atoms with van der Waals surface area (Å²) in [5.41, 5.74) is 1.87. The summed E-state index contributed by atoms with van der Waals surface area (Å²) in [5, 5.41) is 1.09. The van der Waals surface area contributed by atoms with Crippen LogP contribution in [-0.2, 0) is 11.3 Å². The highest BCUT2D eigenvalue weighted by Gasteiger charge is 2.40. The molecule has 0 aliphatic carbocycles. The van der Waals surface area contributed by atoms with Gasteiger partial charge < -0.3 is 14.4 Å². The van der Waals surface area contributed by atoms with E-state index in [1.807, 2.05) is 35.0 Å². The Bertz CT molecular complexity index is 810. The second-order valence-electron chi connectivity index (χ2n) is 6.96. The zero-order chi connectivity index (χ0) is 16.8. The van der Waals surface area contributed by atoms with Gasteiger partial charge in [0.2, 0.25) is 5.91 Å². The zero-order valence-corrected chi connectivity index (χ0v) is 14.2. The van der Waals surface area contributed by atoms with Gasteiger partial charge in [0.1, 0.15) is 0 Å². The fourth-order valence-electron chi connectivity index (χ4n) is 4.11. The molecule has 2 bridgehead atoms. The van der Waals surface area contributed by atoms with Crippen LogP contribution in [0.3, 0.4) is 0 Å². The molecule has 0 unspecified atom stereocenters. The van der Waals surface area contributed by atoms with E-state index in [2.05, 4.69) is 23.8 Å². The topological polar surface area (TPSA) is 45.6 Å². The van der Waals surface area contributed by atoms with Crippen molar-refractivity contribution in [2.45, 2.75) is 32.4 Å². The third kappa shape index (κ3) is 2.30. The summed E-state index contributed by atoms with van der Waals surface area (Å²) in [5.74, 6) is 0.195. The van der Waals surface area contributed by atoms with Crippen molar-refractivity contribution in [3.8, 4) is 0 Å². The van der Waals surface area contributed by atoms with Gasteiger partial charge in [0.05, 0.1) is 5.92 Å². The molecule has 5 rings (SSSR count). The van der Waals surface area contributed by atoms with Gasteiger partial charge in [-0.2, -0.15) is 0 Å². The summed E-state index contributed by atoms with van der Waals surface area (Å²) in [6.45, 7) is 4.22. The third-order valence-electron chi connectivity index (χ3n) is 5.61. The van der Waals surface area contributed by atoms with Gasteiger partial charge >= 0.3 is 0 Å². The van der Waals surface area contributed by atoms with Crippen LogP contribution in [0.4, 0.5) is 0 Å². The predicted octanol–water partition coefficient (Wildman–Crippen LogP) is 2.35. The number of likely N-dealkylation sites (N-methyl/N-ethyl adjacent to an activating group) is 1. The molecule has 126 valence electrons. The lowest BCUT2D eigenvalue weighted by atomic mass is 9.95. The van der Waals surface area contributed by atoms with Crippen LogP contribution >= 0.6 is 0 Å². The summed E-state index contributed by atoms with van der Waals surface area (Å²) in [6, 6.07) is 8.12. The van der Waals surface area contributed by atoms with Crippen molar-refractivity contribution >= 4 is 22.7 Å². The molecule has 1 aromatic heterocycles. The number of fused-ring (bicyclic) bond motifs is 5. The number of carbonyl (C=O) groups is 2. The van der Waals surface area contributed by atoms with Crippen LogP contribution in [0.15, 0.2) is 30.5 Å². The number of hydrogen-bond donors (Lipinski definition) is 0. The van der Waals surface area contributed by atoms with E-state index >= 15 is 0 Å². The number of piperidine rings is 1. The molecule has 3 fully saturated rings. The van der Waals surface area contributed by atoms with Crippen molar-refractivity contribution in [3.63, 3.8) is 0 Å². The van der Waals surface area contributed by atoms with Gasteiger partial charge in [-0.15, -0.1) is 0 Å². The Morgan fingerprint density at radius 3 is 2.83 bits per heavy atom. The highest BCUT2D eigenvalue weighted by Crippen LogP contribution is 2.29. The molecule has 2 amide bonds. The van der Waals surface area contributed by atoms with E-state index < -0.39 is 0 Å². The van der Waals surface area contributed by atoms with Crippen molar-refractivity contribution in [1.29, 1.82) is 0 Å². The van der Waals surface area contributed by atoms with Crippen LogP contribution in [0, 0.1) is 5.92 Å². The lowest BCUT2D eigenvalue weighted by Gasteiger charge is -2.32. The second-order valence-corrected chi connectivity index (χ2v) is 6.96. The van der Waals surface area contributed by atoms with Gasteiger partial charge in [-0.25, -0.2) is 0 Å². The predicted molar refractivity (Wildman–Crippen MR) is 92.8 cm³/mol. The second kappa shape index (κ2) is 5.65. The largest absolute Gasteiger partial charge is 0.348 e. The number of amides is 2. The molecule has 0 N–H and O–H groups in total. The Labute approximate surface area is 141 Å². The minimum absolute atomic E-state index is 0.0393. The fourth-order valence-corrected chi connectivity index (χ4v) is 4.11. The average Bonchev–Trinajstić information content (AvgIpc) is 2.82. The Hall–Kier alpha value is -2.30. The summed E-state index contributed by atoms with van der Waals surface area (Å²) in [6.07, 6.45) is 3.95. The molecule has 3 aliphatic heterocycles. The van der Waals surface area contributed by atoms with Gasteiger partial charge in [-0.3, -0.25) is 9.59 Å². The molecular formula is C19H23N3O2. The fraction of sp³-hybridized carbons (Fsp3) is 0.474. The molecule has 3 aliphatic rings. The Morgan fingerprint density at radius 1 is 1.21 bits per heavy atom. The first-order chi connectivity index (χ1) is 11.6. The molecule has 5 heteroatoms. The number of hydrogen-bond acceptors (Lipinski definition) is 2. The molecule has 0 radical (unpaired) electrons. The third-order valence-corrected chi connectivity index (χ3v) is 5.61. The molecular weight excluding hydrogens is 302 g/mol. The van der Waals surface area contributed by atoms with Crippen LogP contribution in [0.1, 0.15) is 30.1 Å². The average molecular weight is 325 g/mol. The van der Waals surface area contributed by atoms with E-state index in [1.165, 1.54) is 0 Å². The maximum absolute atomic E-state index is 13.0. The van der Waals surface area contributed by atoms with E-state index in [1.54, 1.807) is 0 Å². The van der Waals surface area contributed by atoms with E-state index in [-0.39, 0.29) is 23.8 Å². The minimum Gasteiger partial charge on any atom is -0.348 e. The normalized spacial score (nSPS) is 23.8. The van der Waals surface area contributed by atoms with E-state index in [4.69, 9.17) is 0 Å². The van der Waals surface area contributed by atoms with Crippen molar-refractivity contribution in [1.82, 2.24) is 14.4 Å². The number of aromatic nitrogens is 1. The van der Waals surface area contributed by atoms with Crippen molar-refractivity contribution < 1.29 is 9.59 Å². The Balaban J connectivity index is 1.63.